The summed E-state index contributed by atoms with van der Waals surface area (Å²) in [6.07, 6.45) is 3.50. The maximum Gasteiger partial charge on any atom is 0.240 e. The van der Waals surface area contributed by atoms with Crippen LogP contribution in [0.3, 0.4) is 0 Å². The van der Waals surface area contributed by atoms with E-state index in [9.17, 15) is 8.42 Å². The van der Waals surface area contributed by atoms with E-state index in [1.807, 2.05) is 0 Å². The summed E-state index contributed by atoms with van der Waals surface area (Å²) in [5, 5.41) is 0. The summed E-state index contributed by atoms with van der Waals surface area (Å²) in [7, 11) is -3.45. The SMILES string of the molecule is CC1CCCC1CNS(=O)(=O)c1ccc(N)c(Br)c1. The molecule has 0 amide bonds. The lowest BCUT2D eigenvalue weighted by molar-refractivity contribution is 0.414. The first-order valence-electron chi connectivity index (χ1n) is 6.45. The number of anilines is 1. The molecule has 0 heterocycles. The fraction of sp³-hybridized carbons (Fsp3) is 0.538. The number of nitrogen functional groups attached to an aromatic ring is 1. The third kappa shape index (κ3) is 3.49. The number of nitrogens with one attached hydrogen (secondary N) is 1. The fourth-order valence-electron chi connectivity index (χ4n) is 2.50. The first kappa shape index (κ1) is 14.8. The van der Waals surface area contributed by atoms with E-state index in [0.717, 1.165) is 6.42 Å². The van der Waals surface area contributed by atoms with Crippen LogP contribution in [-0.4, -0.2) is 15.0 Å². The summed E-state index contributed by atoms with van der Waals surface area (Å²) in [4.78, 5) is 0.249. The molecule has 0 bridgehead atoms. The van der Waals surface area contributed by atoms with Crippen molar-refractivity contribution in [3.8, 4) is 0 Å². The van der Waals surface area contributed by atoms with E-state index in [-0.39, 0.29) is 4.90 Å². The molecule has 1 aliphatic rings. The lowest BCUT2D eigenvalue weighted by Crippen LogP contribution is -2.30. The van der Waals surface area contributed by atoms with Crippen molar-refractivity contribution in [3.63, 3.8) is 0 Å². The van der Waals surface area contributed by atoms with E-state index in [0.29, 0.717) is 28.5 Å². The molecule has 2 atom stereocenters. The molecule has 2 unspecified atom stereocenters. The molecule has 6 heteroatoms. The van der Waals surface area contributed by atoms with Crippen molar-refractivity contribution >= 4 is 31.6 Å². The van der Waals surface area contributed by atoms with Gasteiger partial charge in [0, 0.05) is 16.7 Å². The number of sulfonamides is 1. The third-order valence-corrected chi connectivity index (χ3v) is 5.96. The van der Waals surface area contributed by atoms with Gasteiger partial charge in [0.25, 0.3) is 0 Å². The van der Waals surface area contributed by atoms with Gasteiger partial charge in [-0.2, -0.15) is 0 Å². The van der Waals surface area contributed by atoms with E-state index in [2.05, 4.69) is 27.6 Å². The van der Waals surface area contributed by atoms with Gasteiger partial charge in [-0.25, -0.2) is 13.1 Å². The molecule has 2 rings (SSSR count). The highest BCUT2D eigenvalue weighted by molar-refractivity contribution is 9.10. The molecule has 106 valence electrons. The Morgan fingerprint density at radius 2 is 2.16 bits per heavy atom. The van der Waals surface area contributed by atoms with Crippen LogP contribution in [-0.2, 0) is 10.0 Å². The second-order valence-corrected chi connectivity index (χ2v) is 7.82. The van der Waals surface area contributed by atoms with Crippen LogP contribution in [0.2, 0.25) is 0 Å². The molecule has 3 N–H and O–H groups in total. The molecular formula is C13H19BrN2O2S. The highest BCUT2D eigenvalue weighted by atomic mass is 79.9. The monoisotopic (exact) mass is 346 g/mol. The zero-order chi connectivity index (χ0) is 14.0. The van der Waals surface area contributed by atoms with Crippen LogP contribution in [0.25, 0.3) is 0 Å². The van der Waals surface area contributed by atoms with Gasteiger partial charge in [-0.15, -0.1) is 0 Å². The number of halogens is 1. The van der Waals surface area contributed by atoms with E-state index in [4.69, 9.17) is 5.73 Å². The zero-order valence-electron chi connectivity index (χ0n) is 10.9. The number of benzene rings is 1. The highest BCUT2D eigenvalue weighted by Crippen LogP contribution is 2.31. The molecule has 0 saturated heterocycles. The summed E-state index contributed by atoms with van der Waals surface area (Å²) in [5.74, 6) is 1.05. The molecule has 0 radical (unpaired) electrons. The molecular weight excluding hydrogens is 328 g/mol. The summed E-state index contributed by atoms with van der Waals surface area (Å²) in [6, 6.07) is 4.66. The largest absolute Gasteiger partial charge is 0.398 e. The topological polar surface area (TPSA) is 72.2 Å². The van der Waals surface area contributed by atoms with Crippen molar-refractivity contribution < 1.29 is 8.42 Å². The lowest BCUT2D eigenvalue weighted by atomic mass is 9.99. The molecule has 1 saturated carbocycles. The smallest absolute Gasteiger partial charge is 0.240 e. The van der Waals surface area contributed by atoms with Gasteiger partial charge in [0.15, 0.2) is 0 Å². The Hall–Kier alpha value is -0.590. The van der Waals surface area contributed by atoms with Gasteiger partial charge < -0.3 is 5.73 Å². The molecule has 1 fully saturated rings. The van der Waals surface area contributed by atoms with Crippen LogP contribution >= 0.6 is 15.9 Å². The second-order valence-electron chi connectivity index (χ2n) is 5.20. The van der Waals surface area contributed by atoms with Crippen molar-refractivity contribution in [2.75, 3.05) is 12.3 Å². The quantitative estimate of drug-likeness (QED) is 0.823. The van der Waals surface area contributed by atoms with Gasteiger partial charge in [0.1, 0.15) is 0 Å². The Balaban J connectivity index is 2.07. The van der Waals surface area contributed by atoms with Gasteiger partial charge in [0.2, 0.25) is 10.0 Å². The molecule has 0 spiro atoms. The maximum absolute atomic E-state index is 12.2. The predicted molar refractivity (Wildman–Crippen MR) is 80.2 cm³/mol. The van der Waals surface area contributed by atoms with Gasteiger partial charge in [0.05, 0.1) is 4.90 Å². The van der Waals surface area contributed by atoms with Gasteiger partial charge in [-0.05, 0) is 52.4 Å². The van der Waals surface area contributed by atoms with Gasteiger partial charge in [-0.1, -0.05) is 19.8 Å². The van der Waals surface area contributed by atoms with Crippen LogP contribution in [0, 0.1) is 11.8 Å². The van der Waals surface area contributed by atoms with Crippen LogP contribution in [0.15, 0.2) is 27.6 Å². The van der Waals surface area contributed by atoms with E-state index in [1.165, 1.54) is 25.0 Å². The van der Waals surface area contributed by atoms with E-state index in [1.54, 1.807) is 6.07 Å². The Morgan fingerprint density at radius 3 is 2.74 bits per heavy atom. The highest BCUT2D eigenvalue weighted by Gasteiger charge is 2.25. The minimum Gasteiger partial charge on any atom is -0.398 e. The molecule has 0 aromatic heterocycles. The molecule has 0 aliphatic heterocycles. The zero-order valence-corrected chi connectivity index (χ0v) is 13.3. The van der Waals surface area contributed by atoms with Crippen LogP contribution in [0.4, 0.5) is 5.69 Å². The van der Waals surface area contributed by atoms with Crippen LogP contribution in [0.1, 0.15) is 26.2 Å². The van der Waals surface area contributed by atoms with Crippen LogP contribution in [0.5, 0.6) is 0 Å². The molecule has 1 aromatic rings. The Labute approximate surface area is 122 Å². The predicted octanol–water partition coefficient (Wildman–Crippen LogP) is 2.75. The summed E-state index contributed by atoms with van der Waals surface area (Å²) < 4.78 is 27.7. The average Bonchev–Trinajstić information content (AvgIpc) is 2.76. The van der Waals surface area contributed by atoms with Gasteiger partial charge >= 0.3 is 0 Å². The van der Waals surface area contributed by atoms with Crippen LogP contribution < -0.4 is 10.5 Å². The second kappa shape index (κ2) is 5.81. The fourth-order valence-corrected chi connectivity index (χ4v) is 4.15. The maximum atomic E-state index is 12.2. The molecule has 19 heavy (non-hydrogen) atoms. The van der Waals surface area contributed by atoms with Crippen molar-refractivity contribution in [1.29, 1.82) is 0 Å². The average molecular weight is 347 g/mol. The summed E-state index contributed by atoms with van der Waals surface area (Å²) in [5.41, 5.74) is 6.19. The number of hydrogen-bond acceptors (Lipinski definition) is 3. The summed E-state index contributed by atoms with van der Waals surface area (Å²) >= 11 is 3.25. The lowest BCUT2D eigenvalue weighted by Gasteiger charge is -2.16. The first-order chi connectivity index (χ1) is 8.90. The molecule has 1 aliphatic carbocycles. The first-order valence-corrected chi connectivity index (χ1v) is 8.72. The minimum absolute atomic E-state index is 0.249. The third-order valence-electron chi connectivity index (χ3n) is 3.86. The standard InChI is InChI=1S/C13H19BrN2O2S/c1-9-3-2-4-10(9)8-16-19(17,18)11-5-6-13(15)12(14)7-11/h5-7,9-10,16H,2-4,8,15H2,1H3. The van der Waals surface area contributed by atoms with Crippen molar-refractivity contribution in [2.24, 2.45) is 11.8 Å². The van der Waals surface area contributed by atoms with E-state index < -0.39 is 10.0 Å². The Kier molecular flexibility index (Phi) is 4.53. The summed E-state index contributed by atoms with van der Waals surface area (Å²) in [6.45, 7) is 2.71. The number of hydrogen-bond donors (Lipinski definition) is 2. The molecule has 1 aromatic carbocycles. The Bertz CT molecular complexity index is 560. The van der Waals surface area contributed by atoms with Gasteiger partial charge in [-0.3, -0.25) is 0 Å². The van der Waals surface area contributed by atoms with Crippen molar-refractivity contribution in [2.45, 2.75) is 31.1 Å². The molecule has 4 nitrogen and oxygen atoms in total. The minimum atomic E-state index is -3.45. The normalized spacial score (nSPS) is 23.7. The Morgan fingerprint density at radius 1 is 1.42 bits per heavy atom. The van der Waals surface area contributed by atoms with Crippen molar-refractivity contribution in [3.05, 3.63) is 22.7 Å². The number of rotatable bonds is 4. The number of nitrogens with two attached hydrogens (primary N) is 1. The van der Waals surface area contributed by atoms with Crippen molar-refractivity contribution in [1.82, 2.24) is 4.72 Å². The van der Waals surface area contributed by atoms with E-state index >= 15 is 0 Å².